The molecule has 4 nitrogen and oxygen atoms in total. The van der Waals surface area contributed by atoms with E-state index in [0.717, 1.165) is 12.8 Å². The van der Waals surface area contributed by atoms with Crippen LogP contribution in [0.2, 0.25) is 0 Å². The Kier molecular flexibility index (Phi) is 5.81. The molecule has 1 aromatic heterocycles. The van der Waals surface area contributed by atoms with E-state index in [4.69, 9.17) is 5.11 Å². The molecule has 7 heteroatoms. The third-order valence-electron chi connectivity index (χ3n) is 3.00. The van der Waals surface area contributed by atoms with Gasteiger partial charge in [0.25, 0.3) is 0 Å². The van der Waals surface area contributed by atoms with Crippen LogP contribution in [0.1, 0.15) is 38.4 Å². The minimum Gasteiger partial charge on any atom is -0.382 e. The van der Waals surface area contributed by atoms with Gasteiger partial charge in [-0.05, 0) is 18.9 Å². The SMILES string of the molecule is CCC(CC)n1ccc(CNCC(O)C(F)(F)F)n1. The summed E-state index contributed by atoms with van der Waals surface area (Å²) >= 11 is 0. The zero-order valence-corrected chi connectivity index (χ0v) is 11.1. The van der Waals surface area contributed by atoms with Crippen LogP contribution in [-0.4, -0.2) is 33.7 Å². The second-order valence-corrected chi connectivity index (χ2v) is 4.45. The zero-order chi connectivity index (χ0) is 14.5. The first kappa shape index (κ1) is 16.0. The van der Waals surface area contributed by atoms with Crippen LogP contribution in [0.3, 0.4) is 0 Å². The molecule has 0 saturated carbocycles. The van der Waals surface area contributed by atoms with Gasteiger partial charge in [-0.25, -0.2) is 0 Å². The van der Waals surface area contributed by atoms with Crippen molar-refractivity contribution in [2.24, 2.45) is 0 Å². The summed E-state index contributed by atoms with van der Waals surface area (Å²) in [7, 11) is 0. The fraction of sp³-hybridized carbons (Fsp3) is 0.750. The van der Waals surface area contributed by atoms with Gasteiger partial charge < -0.3 is 10.4 Å². The summed E-state index contributed by atoms with van der Waals surface area (Å²) in [5, 5.41) is 15.7. The zero-order valence-electron chi connectivity index (χ0n) is 11.1. The van der Waals surface area contributed by atoms with E-state index in [1.807, 2.05) is 10.9 Å². The number of nitrogens with zero attached hydrogens (tertiary/aromatic N) is 2. The van der Waals surface area contributed by atoms with E-state index >= 15 is 0 Å². The topological polar surface area (TPSA) is 50.1 Å². The van der Waals surface area contributed by atoms with Crippen LogP contribution in [0.25, 0.3) is 0 Å². The highest BCUT2D eigenvalue weighted by Crippen LogP contribution is 2.19. The summed E-state index contributed by atoms with van der Waals surface area (Å²) in [6.45, 7) is 3.81. The molecule has 0 amide bonds. The van der Waals surface area contributed by atoms with Gasteiger partial charge in [0.1, 0.15) is 0 Å². The molecule has 0 saturated heterocycles. The number of aliphatic hydroxyl groups excluding tert-OH is 1. The molecule has 19 heavy (non-hydrogen) atoms. The largest absolute Gasteiger partial charge is 0.415 e. The molecule has 1 atom stereocenters. The molecule has 2 N–H and O–H groups in total. The molecule has 0 spiro atoms. The van der Waals surface area contributed by atoms with E-state index in [2.05, 4.69) is 24.3 Å². The van der Waals surface area contributed by atoms with Crippen molar-refractivity contribution >= 4 is 0 Å². The standard InChI is InChI=1S/C12H20F3N3O/c1-3-10(4-2)18-6-5-9(17-18)7-16-8-11(19)12(13,14)15/h5-6,10-11,16,19H,3-4,7-8H2,1-2H3. The Labute approximate surface area is 110 Å². The van der Waals surface area contributed by atoms with Gasteiger partial charge in [0.2, 0.25) is 0 Å². The number of hydrogen-bond acceptors (Lipinski definition) is 3. The van der Waals surface area contributed by atoms with Crippen molar-refractivity contribution in [3.63, 3.8) is 0 Å². The van der Waals surface area contributed by atoms with Crippen molar-refractivity contribution in [2.45, 2.75) is 51.6 Å². The lowest BCUT2D eigenvalue weighted by atomic mass is 10.2. The molecule has 0 aliphatic rings. The molecule has 0 bridgehead atoms. The van der Waals surface area contributed by atoms with E-state index in [1.165, 1.54) is 0 Å². The predicted octanol–water partition coefficient (Wildman–Crippen LogP) is 2.26. The normalized spacial score (nSPS) is 14.1. The van der Waals surface area contributed by atoms with Crippen molar-refractivity contribution in [1.82, 2.24) is 15.1 Å². The molecule has 1 aromatic rings. The summed E-state index contributed by atoms with van der Waals surface area (Å²) in [4.78, 5) is 0. The molecule has 0 radical (unpaired) electrons. The van der Waals surface area contributed by atoms with Gasteiger partial charge in [0.15, 0.2) is 6.10 Å². The first-order chi connectivity index (χ1) is 8.88. The van der Waals surface area contributed by atoms with Crippen molar-refractivity contribution in [3.05, 3.63) is 18.0 Å². The maximum atomic E-state index is 12.1. The Morgan fingerprint density at radius 3 is 2.53 bits per heavy atom. The Morgan fingerprint density at radius 1 is 1.37 bits per heavy atom. The number of nitrogens with one attached hydrogen (secondary N) is 1. The van der Waals surface area contributed by atoms with Gasteiger partial charge in [-0.15, -0.1) is 0 Å². The number of halogens is 3. The van der Waals surface area contributed by atoms with Crippen LogP contribution in [0.5, 0.6) is 0 Å². The van der Waals surface area contributed by atoms with Crippen LogP contribution >= 0.6 is 0 Å². The van der Waals surface area contributed by atoms with Crippen LogP contribution in [0.15, 0.2) is 12.3 Å². The number of alkyl halides is 3. The molecule has 1 heterocycles. The maximum absolute atomic E-state index is 12.1. The van der Waals surface area contributed by atoms with E-state index in [0.29, 0.717) is 11.7 Å². The number of aliphatic hydroxyl groups is 1. The molecular weight excluding hydrogens is 259 g/mol. The van der Waals surface area contributed by atoms with E-state index in [1.54, 1.807) is 6.07 Å². The monoisotopic (exact) mass is 279 g/mol. The summed E-state index contributed by atoms with van der Waals surface area (Å²) in [5.74, 6) is 0. The minimum absolute atomic E-state index is 0.209. The van der Waals surface area contributed by atoms with E-state index in [9.17, 15) is 13.2 Å². The van der Waals surface area contributed by atoms with Crippen molar-refractivity contribution in [2.75, 3.05) is 6.54 Å². The second-order valence-electron chi connectivity index (χ2n) is 4.45. The Bertz CT molecular complexity index is 375. The van der Waals surface area contributed by atoms with Crippen LogP contribution in [0, 0.1) is 0 Å². The molecule has 110 valence electrons. The van der Waals surface area contributed by atoms with Gasteiger partial charge in [0.05, 0.1) is 11.7 Å². The molecule has 0 fully saturated rings. The molecule has 0 aliphatic heterocycles. The van der Waals surface area contributed by atoms with E-state index in [-0.39, 0.29) is 6.54 Å². The minimum atomic E-state index is -4.58. The van der Waals surface area contributed by atoms with Gasteiger partial charge in [-0.2, -0.15) is 18.3 Å². The fourth-order valence-electron chi connectivity index (χ4n) is 1.79. The summed E-state index contributed by atoms with van der Waals surface area (Å²) in [6.07, 6.45) is -3.18. The maximum Gasteiger partial charge on any atom is 0.415 e. The van der Waals surface area contributed by atoms with Crippen molar-refractivity contribution in [3.8, 4) is 0 Å². The average Bonchev–Trinajstić information content (AvgIpc) is 2.78. The average molecular weight is 279 g/mol. The van der Waals surface area contributed by atoms with Gasteiger partial charge in [-0.3, -0.25) is 4.68 Å². The van der Waals surface area contributed by atoms with Gasteiger partial charge in [-0.1, -0.05) is 13.8 Å². The lowest BCUT2D eigenvalue weighted by Gasteiger charge is -2.14. The lowest BCUT2D eigenvalue weighted by Crippen LogP contribution is -2.38. The Hall–Kier alpha value is -1.08. The van der Waals surface area contributed by atoms with Gasteiger partial charge >= 0.3 is 6.18 Å². The Balaban J connectivity index is 2.43. The third-order valence-corrected chi connectivity index (χ3v) is 3.00. The lowest BCUT2D eigenvalue weighted by molar-refractivity contribution is -0.201. The van der Waals surface area contributed by atoms with Crippen LogP contribution in [-0.2, 0) is 6.54 Å². The molecular formula is C12H20F3N3O. The summed E-state index contributed by atoms with van der Waals surface area (Å²) < 4.78 is 38.0. The number of aromatic nitrogens is 2. The first-order valence-electron chi connectivity index (χ1n) is 6.38. The number of hydrogen-bond donors (Lipinski definition) is 2. The third kappa shape index (κ3) is 4.83. The summed E-state index contributed by atoms with van der Waals surface area (Å²) in [6, 6.07) is 2.08. The molecule has 0 aromatic carbocycles. The molecule has 1 unspecified atom stereocenters. The van der Waals surface area contributed by atoms with Crippen LogP contribution in [0.4, 0.5) is 13.2 Å². The number of rotatable bonds is 7. The fourth-order valence-corrected chi connectivity index (χ4v) is 1.79. The van der Waals surface area contributed by atoms with Crippen molar-refractivity contribution < 1.29 is 18.3 Å². The molecule has 1 rings (SSSR count). The van der Waals surface area contributed by atoms with Gasteiger partial charge in [0, 0.05) is 19.3 Å². The Morgan fingerprint density at radius 2 is 2.00 bits per heavy atom. The molecule has 0 aliphatic carbocycles. The summed E-state index contributed by atoms with van der Waals surface area (Å²) in [5.41, 5.74) is 0.668. The highest BCUT2D eigenvalue weighted by Gasteiger charge is 2.37. The van der Waals surface area contributed by atoms with Crippen LogP contribution < -0.4 is 5.32 Å². The second kappa shape index (κ2) is 6.91. The first-order valence-corrected chi connectivity index (χ1v) is 6.38. The highest BCUT2D eigenvalue weighted by molar-refractivity contribution is 4.99. The quantitative estimate of drug-likeness (QED) is 0.805. The predicted molar refractivity (Wildman–Crippen MR) is 65.6 cm³/mol. The highest BCUT2D eigenvalue weighted by atomic mass is 19.4. The smallest absolute Gasteiger partial charge is 0.382 e. The van der Waals surface area contributed by atoms with E-state index < -0.39 is 18.8 Å². The van der Waals surface area contributed by atoms with Crippen molar-refractivity contribution in [1.29, 1.82) is 0 Å².